The van der Waals surface area contributed by atoms with Gasteiger partial charge in [0.25, 0.3) is 0 Å². The minimum absolute atomic E-state index is 0.0940. The molecule has 0 amide bonds. The average Bonchev–Trinajstić information content (AvgIpc) is 2.39. The zero-order valence-electron chi connectivity index (χ0n) is 11.0. The van der Waals surface area contributed by atoms with Crippen LogP contribution in [0.3, 0.4) is 0 Å². The van der Waals surface area contributed by atoms with Gasteiger partial charge in [-0.15, -0.1) is 0 Å². The van der Waals surface area contributed by atoms with Crippen molar-refractivity contribution in [2.75, 3.05) is 0 Å². The molecule has 3 atom stereocenters. The van der Waals surface area contributed by atoms with Crippen LogP contribution in [0.1, 0.15) is 42.9 Å². The number of phenolic OH excluding ortho intramolecular Hbond substituents is 1. The first-order chi connectivity index (χ1) is 9.54. The molecule has 0 bridgehead atoms. The van der Waals surface area contributed by atoms with Crippen LogP contribution in [-0.4, -0.2) is 22.0 Å². The fourth-order valence-electron chi connectivity index (χ4n) is 2.83. The van der Waals surface area contributed by atoms with E-state index in [-0.39, 0.29) is 12.0 Å². The monoisotopic (exact) mass is 311 g/mol. The number of fused-ring (bicyclic) bond motifs is 1. The molecule has 0 spiro atoms. The molecule has 0 saturated heterocycles. The van der Waals surface area contributed by atoms with Crippen molar-refractivity contribution in [2.24, 2.45) is 5.73 Å². The number of nitrogens with two attached hydrogens (primary N) is 1. The molecule has 0 fully saturated rings. The van der Waals surface area contributed by atoms with Gasteiger partial charge in [0, 0.05) is 5.56 Å². The predicted octanol–water partition coefficient (Wildman–Crippen LogP) is 2.86. The number of halogens is 5. The average molecular weight is 311 g/mol. The normalized spacial score (nSPS) is 29.3. The summed E-state index contributed by atoms with van der Waals surface area (Å²) in [5.41, 5.74) is 1.60. The highest BCUT2D eigenvalue weighted by molar-refractivity contribution is 5.48. The SMILES string of the molecule is CCC1CC(O)(C(F)(F)F)C(N)c2cc(F)c(F)c(O)c21. The Labute approximate surface area is 117 Å². The van der Waals surface area contributed by atoms with E-state index in [1.54, 1.807) is 0 Å². The van der Waals surface area contributed by atoms with Crippen LogP contribution in [0.15, 0.2) is 6.07 Å². The molecular formula is C13H14F5NO2. The summed E-state index contributed by atoms with van der Waals surface area (Å²) in [4.78, 5) is 0. The fraction of sp³-hybridized carbons (Fsp3) is 0.538. The van der Waals surface area contributed by atoms with Gasteiger partial charge in [-0.25, -0.2) is 4.39 Å². The number of alkyl halides is 3. The van der Waals surface area contributed by atoms with E-state index in [4.69, 9.17) is 5.73 Å². The van der Waals surface area contributed by atoms with Crippen molar-refractivity contribution < 1.29 is 32.2 Å². The van der Waals surface area contributed by atoms with Crippen LogP contribution in [-0.2, 0) is 0 Å². The smallest absolute Gasteiger partial charge is 0.419 e. The Balaban J connectivity index is 2.71. The Morgan fingerprint density at radius 1 is 1.38 bits per heavy atom. The summed E-state index contributed by atoms with van der Waals surface area (Å²) in [6, 6.07) is -1.50. The molecule has 1 aliphatic rings. The van der Waals surface area contributed by atoms with Crippen molar-refractivity contribution in [3.05, 3.63) is 28.8 Å². The van der Waals surface area contributed by atoms with Gasteiger partial charge in [0.05, 0.1) is 6.04 Å². The van der Waals surface area contributed by atoms with Crippen molar-refractivity contribution in [1.29, 1.82) is 0 Å². The summed E-state index contributed by atoms with van der Waals surface area (Å²) in [6.07, 6.45) is -5.76. The number of hydrogen-bond acceptors (Lipinski definition) is 3. The van der Waals surface area contributed by atoms with Crippen molar-refractivity contribution in [1.82, 2.24) is 0 Å². The van der Waals surface area contributed by atoms with Crippen LogP contribution in [0, 0.1) is 11.6 Å². The van der Waals surface area contributed by atoms with Gasteiger partial charge in [0.1, 0.15) is 0 Å². The van der Waals surface area contributed by atoms with E-state index in [2.05, 4.69) is 0 Å². The molecule has 21 heavy (non-hydrogen) atoms. The fourth-order valence-corrected chi connectivity index (χ4v) is 2.83. The molecule has 4 N–H and O–H groups in total. The summed E-state index contributed by atoms with van der Waals surface area (Å²) < 4.78 is 66.1. The van der Waals surface area contributed by atoms with Gasteiger partial charge in [0.15, 0.2) is 17.2 Å². The number of phenols is 1. The third-order valence-corrected chi connectivity index (χ3v) is 4.07. The quantitative estimate of drug-likeness (QED) is 0.699. The lowest BCUT2D eigenvalue weighted by atomic mass is 9.69. The summed E-state index contributed by atoms with van der Waals surface area (Å²) in [6.45, 7) is 1.52. The number of hydrogen-bond donors (Lipinski definition) is 3. The van der Waals surface area contributed by atoms with Gasteiger partial charge >= 0.3 is 6.18 Å². The number of rotatable bonds is 1. The minimum atomic E-state index is -5.03. The molecule has 3 unspecified atom stereocenters. The molecule has 8 heteroatoms. The highest BCUT2D eigenvalue weighted by atomic mass is 19.4. The van der Waals surface area contributed by atoms with Crippen LogP contribution in [0.2, 0.25) is 0 Å². The highest BCUT2D eigenvalue weighted by Crippen LogP contribution is 2.53. The van der Waals surface area contributed by atoms with Gasteiger partial charge in [-0.3, -0.25) is 0 Å². The number of benzene rings is 1. The Bertz CT molecular complexity index is 575. The van der Waals surface area contributed by atoms with Gasteiger partial charge in [-0.2, -0.15) is 17.6 Å². The highest BCUT2D eigenvalue weighted by Gasteiger charge is 2.61. The van der Waals surface area contributed by atoms with Crippen LogP contribution in [0.25, 0.3) is 0 Å². The minimum Gasteiger partial charge on any atom is -0.505 e. The van der Waals surface area contributed by atoms with Gasteiger partial charge in [0.2, 0.25) is 5.82 Å². The molecule has 1 aliphatic carbocycles. The topological polar surface area (TPSA) is 66.5 Å². The van der Waals surface area contributed by atoms with Gasteiger partial charge in [-0.05, 0) is 30.4 Å². The second kappa shape index (κ2) is 4.81. The summed E-state index contributed by atoms with van der Waals surface area (Å²) in [7, 11) is 0. The Hall–Kier alpha value is -1.41. The van der Waals surface area contributed by atoms with Crippen molar-refractivity contribution in [3.63, 3.8) is 0 Å². The van der Waals surface area contributed by atoms with E-state index in [1.807, 2.05) is 0 Å². The van der Waals surface area contributed by atoms with Gasteiger partial charge in [-0.1, -0.05) is 6.92 Å². The lowest BCUT2D eigenvalue weighted by molar-refractivity contribution is -0.275. The first-order valence-corrected chi connectivity index (χ1v) is 6.30. The van der Waals surface area contributed by atoms with Crippen LogP contribution in [0.5, 0.6) is 5.75 Å². The number of aliphatic hydroxyl groups is 1. The molecule has 0 heterocycles. The third kappa shape index (κ3) is 2.17. The Morgan fingerprint density at radius 2 is 1.95 bits per heavy atom. The Morgan fingerprint density at radius 3 is 2.43 bits per heavy atom. The van der Waals surface area contributed by atoms with Gasteiger partial charge < -0.3 is 15.9 Å². The van der Waals surface area contributed by atoms with Crippen LogP contribution in [0.4, 0.5) is 22.0 Å². The summed E-state index contributed by atoms with van der Waals surface area (Å²) >= 11 is 0. The first kappa shape index (κ1) is 16.0. The van der Waals surface area contributed by atoms with Crippen LogP contribution >= 0.6 is 0 Å². The maximum absolute atomic E-state index is 13.4. The van der Waals surface area contributed by atoms with E-state index in [9.17, 15) is 32.2 Å². The molecule has 1 aromatic rings. The molecule has 0 radical (unpaired) electrons. The van der Waals surface area contributed by atoms with E-state index in [1.165, 1.54) is 6.92 Å². The zero-order valence-corrected chi connectivity index (χ0v) is 11.0. The zero-order chi connectivity index (χ0) is 16.2. The van der Waals surface area contributed by atoms with Crippen LogP contribution < -0.4 is 5.73 Å². The largest absolute Gasteiger partial charge is 0.505 e. The van der Waals surface area contributed by atoms with Crippen molar-refractivity contribution in [3.8, 4) is 5.75 Å². The standard InChI is InChI=1S/C13H14F5NO2/c1-2-5-4-12(21,13(16,17)18)11(19)6-3-7(14)9(15)10(20)8(5)6/h3,5,11,20-21H,2,4,19H2,1H3. The summed E-state index contributed by atoms with van der Waals surface area (Å²) in [5, 5.41) is 19.6. The molecule has 0 aromatic heterocycles. The second-order valence-corrected chi connectivity index (χ2v) is 5.23. The van der Waals surface area contributed by atoms with E-state index in [0.29, 0.717) is 6.07 Å². The molecule has 3 nitrogen and oxygen atoms in total. The molecule has 2 rings (SSSR count). The van der Waals surface area contributed by atoms with E-state index >= 15 is 0 Å². The molecule has 0 aliphatic heterocycles. The molecule has 118 valence electrons. The van der Waals surface area contributed by atoms with E-state index < -0.39 is 53.1 Å². The van der Waals surface area contributed by atoms with E-state index in [0.717, 1.165) is 0 Å². The third-order valence-electron chi connectivity index (χ3n) is 4.07. The number of aromatic hydroxyl groups is 1. The molecule has 1 aromatic carbocycles. The maximum Gasteiger partial charge on any atom is 0.419 e. The summed E-state index contributed by atoms with van der Waals surface area (Å²) in [5.74, 6) is -5.07. The maximum atomic E-state index is 13.4. The molecule has 0 saturated carbocycles. The van der Waals surface area contributed by atoms with Crippen molar-refractivity contribution in [2.45, 2.75) is 43.5 Å². The van der Waals surface area contributed by atoms with Crippen molar-refractivity contribution >= 4 is 0 Å². The second-order valence-electron chi connectivity index (χ2n) is 5.23. The predicted molar refractivity (Wildman–Crippen MR) is 63.6 cm³/mol. The first-order valence-electron chi connectivity index (χ1n) is 6.30. The lowest BCUT2D eigenvalue weighted by Crippen LogP contribution is -2.56. The Kier molecular flexibility index (Phi) is 3.66. The lowest BCUT2D eigenvalue weighted by Gasteiger charge is -2.43. The molecular weight excluding hydrogens is 297 g/mol.